The van der Waals surface area contributed by atoms with Crippen LogP contribution < -0.4 is 10.6 Å². The highest BCUT2D eigenvalue weighted by Gasteiger charge is 2.08. The van der Waals surface area contributed by atoms with Crippen LogP contribution in [0.4, 0.5) is 0 Å². The molecule has 9 heteroatoms. The van der Waals surface area contributed by atoms with Crippen molar-refractivity contribution in [3.8, 4) is 0 Å². The van der Waals surface area contributed by atoms with E-state index in [0.29, 0.717) is 10.0 Å². The van der Waals surface area contributed by atoms with Gasteiger partial charge in [-0.25, -0.2) is 0 Å². The molecule has 0 aromatic heterocycles. The molecule has 2 amide bonds. The predicted molar refractivity (Wildman–Crippen MR) is 125 cm³/mol. The molecule has 0 saturated heterocycles. The molecule has 0 fully saturated rings. The summed E-state index contributed by atoms with van der Waals surface area (Å²) in [4.78, 5) is 24.7. The molecule has 0 spiro atoms. The second-order valence-corrected chi connectivity index (χ2v) is 8.08. The number of carbonyl (C=O) groups excluding carboxylic acids is 2. The molecule has 0 bridgehead atoms. The first-order valence-corrected chi connectivity index (χ1v) is 10.9. The summed E-state index contributed by atoms with van der Waals surface area (Å²) in [5.74, 6) is -0.592. The Balaban J connectivity index is 2.04. The highest BCUT2D eigenvalue weighted by molar-refractivity contribution is 7.99. The van der Waals surface area contributed by atoms with Crippen molar-refractivity contribution in [3.05, 3.63) is 69.7 Å². The van der Waals surface area contributed by atoms with Crippen molar-refractivity contribution in [2.24, 2.45) is 0 Å². The molecule has 0 radical (unpaired) electrons. The third-order valence-corrected chi connectivity index (χ3v) is 5.81. The molecule has 0 heterocycles. The number of carbonyl (C=O) groups is 2. The van der Waals surface area contributed by atoms with Crippen molar-refractivity contribution in [2.45, 2.75) is 9.79 Å². The van der Waals surface area contributed by atoms with Crippen molar-refractivity contribution >= 4 is 58.9 Å². The summed E-state index contributed by atoms with van der Waals surface area (Å²) in [5.41, 5.74) is 1.53. The fourth-order valence-electron chi connectivity index (χ4n) is 2.35. The topological polar surface area (TPSA) is 98.7 Å². The van der Waals surface area contributed by atoms with Crippen LogP contribution in [0.15, 0.2) is 58.3 Å². The first-order valence-electron chi connectivity index (χ1n) is 9.33. The first-order chi connectivity index (χ1) is 14.9. The SMILES string of the molecule is O=C(/C=C/c1ccc(Sc2ccc(/C=C/C(=O)NCCO)cc2Cl)c(Cl)c1)NCCO. The second-order valence-electron chi connectivity index (χ2n) is 6.18. The lowest BCUT2D eigenvalue weighted by Crippen LogP contribution is -2.24. The van der Waals surface area contributed by atoms with Gasteiger partial charge in [0.05, 0.1) is 23.3 Å². The van der Waals surface area contributed by atoms with Gasteiger partial charge in [0.1, 0.15) is 0 Å². The van der Waals surface area contributed by atoms with Crippen LogP contribution in [0.25, 0.3) is 12.2 Å². The lowest BCUT2D eigenvalue weighted by molar-refractivity contribution is -0.117. The maximum Gasteiger partial charge on any atom is 0.244 e. The molecule has 2 rings (SSSR count). The molecule has 0 atom stereocenters. The van der Waals surface area contributed by atoms with Crippen molar-refractivity contribution in [2.75, 3.05) is 26.3 Å². The highest BCUT2D eigenvalue weighted by Crippen LogP contribution is 2.38. The maximum absolute atomic E-state index is 11.6. The zero-order valence-corrected chi connectivity index (χ0v) is 18.8. The normalized spacial score (nSPS) is 11.2. The summed E-state index contributed by atoms with van der Waals surface area (Å²) in [5, 5.41) is 23.5. The molecule has 164 valence electrons. The molecule has 0 unspecified atom stereocenters. The van der Waals surface area contributed by atoms with Gasteiger partial charge in [0.15, 0.2) is 0 Å². The summed E-state index contributed by atoms with van der Waals surface area (Å²) < 4.78 is 0. The van der Waals surface area contributed by atoms with E-state index in [1.54, 1.807) is 24.3 Å². The van der Waals surface area contributed by atoms with Crippen LogP contribution in [0, 0.1) is 0 Å². The highest BCUT2D eigenvalue weighted by atomic mass is 35.5. The fraction of sp³-hybridized carbons (Fsp3) is 0.182. The number of rotatable bonds is 10. The number of aliphatic hydroxyl groups excluding tert-OH is 2. The Morgan fingerprint density at radius 3 is 1.58 bits per heavy atom. The molecule has 0 aliphatic heterocycles. The summed E-state index contributed by atoms with van der Waals surface area (Å²) >= 11 is 14.2. The first kappa shape index (κ1) is 25.0. The molecular weight excluding hydrogens is 459 g/mol. The predicted octanol–water partition coefficient (Wildman–Crippen LogP) is 3.39. The van der Waals surface area contributed by atoms with Gasteiger partial charge in [0.25, 0.3) is 0 Å². The zero-order valence-electron chi connectivity index (χ0n) is 16.5. The molecule has 31 heavy (non-hydrogen) atoms. The monoisotopic (exact) mass is 480 g/mol. The van der Waals surface area contributed by atoms with Gasteiger partial charge in [0.2, 0.25) is 11.8 Å². The van der Waals surface area contributed by atoms with Gasteiger partial charge in [-0.15, -0.1) is 0 Å². The summed E-state index contributed by atoms with van der Waals surface area (Å²) in [6, 6.07) is 10.8. The number of aliphatic hydroxyl groups is 2. The van der Waals surface area contributed by atoms with E-state index in [9.17, 15) is 9.59 Å². The zero-order chi connectivity index (χ0) is 22.6. The molecule has 4 N–H and O–H groups in total. The Labute approximate surface area is 194 Å². The van der Waals surface area contributed by atoms with E-state index in [2.05, 4.69) is 10.6 Å². The quantitative estimate of drug-likeness (QED) is 0.390. The van der Waals surface area contributed by atoms with Crippen LogP contribution in [0.2, 0.25) is 10.0 Å². The third kappa shape index (κ3) is 8.77. The minimum Gasteiger partial charge on any atom is -0.395 e. The Morgan fingerprint density at radius 1 is 0.806 bits per heavy atom. The third-order valence-electron chi connectivity index (χ3n) is 3.81. The van der Waals surface area contributed by atoms with Crippen molar-refractivity contribution < 1.29 is 19.8 Å². The second kappa shape index (κ2) is 13.2. The minimum atomic E-state index is -0.296. The van der Waals surface area contributed by atoms with E-state index >= 15 is 0 Å². The van der Waals surface area contributed by atoms with E-state index in [1.165, 1.54) is 23.9 Å². The number of benzene rings is 2. The molecule has 2 aromatic rings. The van der Waals surface area contributed by atoms with Crippen molar-refractivity contribution in [3.63, 3.8) is 0 Å². The van der Waals surface area contributed by atoms with Crippen molar-refractivity contribution in [1.82, 2.24) is 10.6 Å². The number of halogens is 2. The van der Waals surface area contributed by atoms with Crippen molar-refractivity contribution in [1.29, 1.82) is 0 Å². The van der Waals surface area contributed by atoms with Gasteiger partial charge >= 0.3 is 0 Å². The Bertz CT molecular complexity index is 902. The Morgan fingerprint density at radius 2 is 1.23 bits per heavy atom. The summed E-state index contributed by atoms with van der Waals surface area (Å²) in [6.45, 7) is 0.172. The van der Waals surface area contributed by atoms with Crippen LogP contribution in [-0.4, -0.2) is 48.3 Å². The van der Waals surface area contributed by atoms with Crippen LogP contribution >= 0.6 is 35.0 Å². The van der Waals surface area contributed by atoms with E-state index in [1.807, 2.05) is 24.3 Å². The molecule has 0 saturated carbocycles. The van der Waals surface area contributed by atoms with E-state index in [-0.39, 0.29) is 38.1 Å². The van der Waals surface area contributed by atoms with E-state index in [0.717, 1.165) is 20.9 Å². The average molecular weight is 481 g/mol. The van der Waals surface area contributed by atoms with Gasteiger partial charge in [-0.05, 0) is 47.5 Å². The lowest BCUT2D eigenvalue weighted by atomic mass is 10.2. The minimum absolute atomic E-state index is 0.114. The standard InChI is InChI=1S/C22H22Cl2N2O4S/c23-17-13-15(3-7-21(29)25-9-11-27)1-5-19(17)31-20-6-2-16(14-18(20)24)4-8-22(30)26-10-12-28/h1-8,13-14,27-28H,9-12H2,(H,25,29)(H,26,30)/b7-3+,8-4+. The maximum atomic E-state index is 11.6. The van der Waals surface area contributed by atoms with Crippen LogP contribution in [0.5, 0.6) is 0 Å². The molecule has 6 nitrogen and oxygen atoms in total. The average Bonchev–Trinajstić information content (AvgIpc) is 2.76. The van der Waals surface area contributed by atoms with Crippen LogP contribution in [-0.2, 0) is 9.59 Å². The number of amides is 2. The van der Waals surface area contributed by atoms with E-state index < -0.39 is 0 Å². The smallest absolute Gasteiger partial charge is 0.244 e. The van der Waals surface area contributed by atoms with Crippen LogP contribution in [0.1, 0.15) is 11.1 Å². The van der Waals surface area contributed by atoms with Gasteiger partial charge in [0, 0.05) is 35.0 Å². The molecule has 2 aromatic carbocycles. The number of hydrogen-bond acceptors (Lipinski definition) is 5. The van der Waals surface area contributed by atoms with Crippen LogP contribution in [0.3, 0.4) is 0 Å². The van der Waals surface area contributed by atoms with Gasteiger partial charge in [-0.2, -0.15) is 0 Å². The Hall–Kier alpha value is -2.29. The van der Waals surface area contributed by atoms with Gasteiger partial charge in [-0.3, -0.25) is 9.59 Å². The molecule has 0 aliphatic rings. The lowest BCUT2D eigenvalue weighted by Gasteiger charge is -2.08. The largest absolute Gasteiger partial charge is 0.395 e. The summed E-state index contributed by atoms with van der Waals surface area (Å²) in [7, 11) is 0. The van der Waals surface area contributed by atoms with Gasteiger partial charge in [-0.1, -0.05) is 47.1 Å². The number of nitrogens with one attached hydrogen (secondary N) is 2. The fourth-order valence-corrected chi connectivity index (χ4v) is 3.78. The van der Waals surface area contributed by atoms with E-state index in [4.69, 9.17) is 33.4 Å². The Kier molecular flexibility index (Phi) is 10.6. The van der Waals surface area contributed by atoms with Gasteiger partial charge < -0.3 is 20.8 Å². The molecular formula is C22H22Cl2N2O4S. The number of hydrogen-bond donors (Lipinski definition) is 4. The molecule has 0 aliphatic carbocycles. The summed E-state index contributed by atoms with van der Waals surface area (Å²) in [6.07, 6.45) is 6.03.